The van der Waals surface area contributed by atoms with Gasteiger partial charge in [0.15, 0.2) is 5.84 Å². The van der Waals surface area contributed by atoms with Gasteiger partial charge < -0.3 is 5.73 Å². The standard InChI is InChI=1S/C13H12BrN5/c1-9-8-10(5-6-11(9)14)17-19-18-13(15)12-4-2-3-7-16-12/h2-8H,1H3,(H2,15,17,18). The highest BCUT2D eigenvalue weighted by molar-refractivity contribution is 9.10. The Balaban J connectivity index is 2.13. The third kappa shape index (κ3) is 3.69. The van der Waals surface area contributed by atoms with E-state index in [-0.39, 0.29) is 5.84 Å². The van der Waals surface area contributed by atoms with Crippen LogP contribution < -0.4 is 5.73 Å². The first-order valence-corrected chi connectivity index (χ1v) is 6.38. The summed E-state index contributed by atoms with van der Waals surface area (Å²) >= 11 is 3.42. The fraction of sp³-hybridized carbons (Fsp3) is 0.0769. The lowest BCUT2D eigenvalue weighted by Crippen LogP contribution is -2.13. The maximum absolute atomic E-state index is 5.74. The van der Waals surface area contributed by atoms with Gasteiger partial charge >= 0.3 is 0 Å². The average Bonchev–Trinajstić information content (AvgIpc) is 2.43. The smallest absolute Gasteiger partial charge is 0.173 e. The van der Waals surface area contributed by atoms with Crippen LogP contribution in [-0.2, 0) is 0 Å². The number of nitrogens with zero attached hydrogens (tertiary/aromatic N) is 4. The van der Waals surface area contributed by atoms with Gasteiger partial charge in [0.1, 0.15) is 5.69 Å². The molecule has 0 aliphatic rings. The zero-order valence-electron chi connectivity index (χ0n) is 10.3. The molecule has 96 valence electrons. The average molecular weight is 318 g/mol. The Kier molecular flexibility index (Phi) is 4.35. The van der Waals surface area contributed by atoms with Crippen LogP contribution in [0.15, 0.2) is 62.5 Å². The number of aryl methyl sites for hydroxylation is 1. The Morgan fingerprint density at radius 1 is 1.26 bits per heavy atom. The molecule has 19 heavy (non-hydrogen) atoms. The zero-order valence-corrected chi connectivity index (χ0v) is 11.9. The van der Waals surface area contributed by atoms with E-state index in [1.165, 1.54) is 0 Å². The van der Waals surface area contributed by atoms with E-state index in [1.807, 2.05) is 37.3 Å². The van der Waals surface area contributed by atoms with Crippen molar-refractivity contribution in [3.8, 4) is 0 Å². The van der Waals surface area contributed by atoms with E-state index < -0.39 is 0 Å². The van der Waals surface area contributed by atoms with Gasteiger partial charge in [0, 0.05) is 10.7 Å². The van der Waals surface area contributed by atoms with Crippen LogP contribution >= 0.6 is 15.9 Å². The van der Waals surface area contributed by atoms with E-state index in [2.05, 4.69) is 36.4 Å². The Hall–Kier alpha value is -2.08. The highest BCUT2D eigenvalue weighted by atomic mass is 79.9. The van der Waals surface area contributed by atoms with Crippen molar-refractivity contribution in [1.29, 1.82) is 0 Å². The summed E-state index contributed by atoms with van der Waals surface area (Å²) in [6.07, 6.45) is 1.65. The number of nitrogens with two attached hydrogens (primary N) is 1. The van der Waals surface area contributed by atoms with Crippen LogP contribution in [0.3, 0.4) is 0 Å². The number of pyridine rings is 1. The first-order chi connectivity index (χ1) is 9.16. The molecule has 0 fully saturated rings. The topological polar surface area (TPSA) is 76.0 Å². The van der Waals surface area contributed by atoms with Gasteiger partial charge in [0.2, 0.25) is 0 Å². The minimum Gasteiger partial charge on any atom is -0.380 e. The van der Waals surface area contributed by atoms with Crippen molar-refractivity contribution in [3.63, 3.8) is 0 Å². The predicted octanol–water partition coefficient (Wildman–Crippen LogP) is 3.56. The number of hydrogen-bond acceptors (Lipinski definition) is 3. The molecule has 0 amide bonds. The van der Waals surface area contributed by atoms with Gasteiger partial charge in [-0.05, 0) is 48.0 Å². The summed E-state index contributed by atoms with van der Waals surface area (Å²) in [6, 6.07) is 11.1. The van der Waals surface area contributed by atoms with E-state index in [0.29, 0.717) is 5.69 Å². The predicted molar refractivity (Wildman–Crippen MR) is 78.4 cm³/mol. The molecule has 0 aliphatic heterocycles. The van der Waals surface area contributed by atoms with E-state index in [9.17, 15) is 0 Å². The molecule has 1 aromatic carbocycles. The van der Waals surface area contributed by atoms with Crippen LogP contribution in [0.4, 0.5) is 5.69 Å². The summed E-state index contributed by atoms with van der Waals surface area (Å²) < 4.78 is 1.03. The SMILES string of the molecule is Cc1cc(N=N/N=C(\N)c2ccccn2)ccc1Br. The molecule has 0 bridgehead atoms. The lowest BCUT2D eigenvalue weighted by Gasteiger charge is -1.97. The molecular weight excluding hydrogens is 306 g/mol. The highest BCUT2D eigenvalue weighted by Crippen LogP contribution is 2.22. The lowest BCUT2D eigenvalue weighted by atomic mass is 10.2. The Morgan fingerprint density at radius 3 is 2.79 bits per heavy atom. The van der Waals surface area contributed by atoms with Crippen LogP contribution in [0.1, 0.15) is 11.3 Å². The van der Waals surface area contributed by atoms with Gasteiger partial charge in [-0.15, -0.1) is 10.2 Å². The van der Waals surface area contributed by atoms with Gasteiger partial charge in [-0.2, -0.15) is 0 Å². The molecule has 2 aromatic rings. The number of hydrogen-bond donors (Lipinski definition) is 1. The second-order valence-electron chi connectivity index (χ2n) is 3.82. The Morgan fingerprint density at radius 2 is 2.11 bits per heavy atom. The molecule has 0 radical (unpaired) electrons. The normalized spacial score (nSPS) is 12.0. The molecule has 0 aliphatic carbocycles. The molecule has 2 rings (SSSR count). The second-order valence-corrected chi connectivity index (χ2v) is 4.68. The van der Waals surface area contributed by atoms with E-state index in [0.717, 1.165) is 15.7 Å². The summed E-state index contributed by atoms with van der Waals surface area (Å²) in [4.78, 5) is 4.07. The monoisotopic (exact) mass is 317 g/mol. The number of halogens is 1. The number of amidine groups is 1. The maximum atomic E-state index is 5.74. The van der Waals surface area contributed by atoms with Crippen LogP contribution in [0.2, 0.25) is 0 Å². The first kappa shape index (κ1) is 13.4. The Labute approximate surface area is 119 Å². The molecule has 0 unspecified atom stereocenters. The van der Waals surface area contributed by atoms with Crippen molar-refractivity contribution in [1.82, 2.24) is 4.98 Å². The van der Waals surface area contributed by atoms with Gasteiger partial charge in [-0.3, -0.25) is 4.98 Å². The molecular formula is C13H12BrN5. The molecule has 0 saturated carbocycles. The number of aromatic nitrogens is 1. The van der Waals surface area contributed by atoms with Gasteiger partial charge in [0.25, 0.3) is 0 Å². The zero-order chi connectivity index (χ0) is 13.7. The summed E-state index contributed by atoms with van der Waals surface area (Å²) in [5.41, 5.74) is 8.12. The third-order valence-electron chi connectivity index (χ3n) is 2.38. The fourth-order valence-corrected chi connectivity index (χ4v) is 1.63. The molecule has 2 N–H and O–H groups in total. The minimum absolute atomic E-state index is 0.234. The van der Waals surface area contributed by atoms with Crippen LogP contribution in [0.25, 0.3) is 0 Å². The van der Waals surface area contributed by atoms with Crippen LogP contribution in [0.5, 0.6) is 0 Å². The number of benzene rings is 1. The summed E-state index contributed by atoms with van der Waals surface area (Å²) in [7, 11) is 0. The first-order valence-electron chi connectivity index (χ1n) is 5.58. The summed E-state index contributed by atoms with van der Waals surface area (Å²) in [5.74, 6) is 0.234. The minimum atomic E-state index is 0.234. The largest absolute Gasteiger partial charge is 0.380 e. The fourth-order valence-electron chi connectivity index (χ4n) is 1.38. The van der Waals surface area contributed by atoms with Crippen molar-refractivity contribution >= 4 is 27.5 Å². The lowest BCUT2D eigenvalue weighted by molar-refractivity contribution is 1.05. The van der Waals surface area contributed by atoms with Gasteiger partial charge in [-0.25, -0.2) is 0 Å². The molecule has 5 nitrogen and oxygen atoms in total. The highest BCUT2D eigenvalue weighted by Gasteiger charge is 1.98. The molecule has 0 saturated heterocycles. The van der Waals surface area contributed by atoms with Crippen molar-refractivity contribution in [3.05, 3.63) is 58.3 Å². The molecule has 0 spiro atoms. The van der Waals surface area contributed by atoms with Crippen molar-refractivity contribution in [2.24, 2.45) is 21.2 Å². The van der Waals surface area contributed by atoms with E-state index >= 15 is 0 Å². The van der Waals surface area contributed by atoms with Crippen molar-refractivity contribution in [2.75, 3.05) is 0 Å². The molecule has 0 atom stereocenters. The number of rotatable bonds is 3. The molecule has 1 aromatic heterocycles. The Bertz CT molecular complexity index is 622. The van der Waals surface area contributed by atoms with Crippen LogP contribution in [0, 0.1) is 6.92 Å². The maximum Gasteiger partial charge on any atom is 0.173 e. The third-order valence-corrected chi connectivity index (χ3v) is 3.27. The summed E-state index contributed by atoms with van der Waals surface area (Å²) in [6.45, 7) is 1.98. The van der Waals surface area contributed by atoms with Gasteiger partial charge in [-0.1, -0.05) is 22.0 Å². The van der Waals surface area contributed by atoms with Crippen LogP contribution in [-0.4, -0.2) is 10.8 Å². The van der Waals surface area contributed by atoms with Crippen molar-refractivity contribution < 1.29 is 0 Å². The van der Waals surface area contributed by atoms with E-state index in [1.54, 1.807) is 12.3 Å². The molecule has 6 heteroatoms. The van der Waals surface area contributed by atoms with Gasteiger partial charge in [0.05, 0.1) is 5.69 Å². The molecule has 1 heterocycles. The quantitative estimate of drug-likeness (QED) is 0.406. The second kappa shape index (κ2) is 6.19. The van der Waals surface area contributed by atoms with E-state index in [4.69, 9.17) is 5.73 Å². The van der Waals surface area contributed by atoms with Crippen molar-refractivity contribution in [2.45, 2.75) is 6.92 Å². The summed E-state index contributed by atoms with van der Waals surface area (Å²) in [5, 5.41) is 11.5.